The molecule has 1 aromatic heterocycles. The summed E-state index contributed by atoms with van der Waals surface area (Å²) in [5.41, 5.74) is 3.05. The number of aryl methyl sites for hydroxylation is 2. The van der Waals surface area contributed by atoms with Gasteiger partial charge in [-0.25, -0.2) is 13.4 Å². The highest BCUT2D eigenvalue weighted by atomic mass is 32.2. The van der Waals surface area contributed by atoms with E-state index in [1.165, 1.54) is 11.3 Å². The highest BCUT2D eigenvalue weighted by molar-refractivity contribution is 7.91. The fraction of sp³-hybridized carbons (Fsp3) is 0.391. The highest BCUT2D eigenvalue weighted by Gasteiger charge is 2.23. The molecular weight excluding hydrogens is 430 g/mol. The number of para-hydroxylation sites is 1. The summed E-state index contributed by atoms with van der Waals surface area (Å²) in [7, 11) is 0.356. The van der Waals surface area contributed by atoms with Crippen molar-refractivity contribution in [2.75, 3.05) is 37.8 Å². The summed E-state index contributed by atoms with van der Waals surface area (Å²) in [6.45, 7) is 5.11. The minimum absolute atomic E-state index is 0.0831. The Balaban J connectivity index is 1.83. The first-order valence-corrected chi connectivity index (χ1v) is 12.8. The van der Waals surface area contributed by atoms with E-state index in [2.05, 4.69) is 6.92 Å². The van der Waals surface area contributed by atoms with Crippen LogP contribution in [0.2, 0.25) is 0 Å². The van der Waals surface area contributed by atoms with E-state index in [1.807, 2.05) is 44.1 Å². The van der Waals surface area contributed by atoms with Gasteiger partial charge in [-0.1, -0.05) is 48.1 Å². The normalized spacial score (nSPS) is 11.9. The van der Waals surface area contributed by atoms with Crippen molar-refractivity contribution in [1.29, 1.82) is 0 Å². The molecule has 1 heterocycles. The molecule has 0 saturated heterocycles. The van der Waals surface area contributed by atoms with Crippen LogP contribution in [-0.4, -0.2) is 57.1 Å². The maximum absolute atomic E-state index is 13.1. The molecule has 0 aliphatic heterocycles. The molecule has 3 rings (SSSR count). The molecule has 0 N–H and O–H groups in total. The molecule has 31 heavy (non-hydrogen) atoms. The molecule has 0 fully saturated rings. The average Bonchev–Trinajstić information content (AvgIpc) is 3.16. The van der Waals surface area contributed by atoms with Crippen molar-refractivity contribution in [3.63, 3.8) is 0 Å². The molecule has 6 nitrogen and oxygen atoms in total. The Morgan fingerprint density at radius 2 is 1.77 bits per heavy atom. The van der Waals surface area contributed by atoms with Crippen LogP contribution in [0, 0.1) is 6.92 Å². The van der Waals surface area contributed by atoms with E-state index in [4.69, 9.17) is 4.98 Å². The van der Waals surface area contributed by atoms with Crippen molar-refractivity contribution in [3.8, 4) is 0 Å². The van der Waals surface area contributed by atoms with Crippen LogP contribution in [0.4, 0.5) is 5.13 Å². The number of nitrogens with zero attached hydrogens (tertiary/aromatic N) is 3. The van der Waals surface area contributed by atoms with Crippen LogP contribution in [0.1, 0.15) is 24.5 Å². The van der Waals surface area contributed by atoms with Crippen molar-refractivity contribution in [1.82, 2.24) is 9.88 Å². The van der Waals surface area contributed by atoms with Crippen LogP contribution in [0.3, 0.4) is 0 Å². The van der Waals surface area contributed by atoms with Crippen molar-refractivity contribution in [2.45, 2.75) is 31.6 Å². The fourth-order valence-electron chi connectivity index (χ4n) is 3.24. The predicted molar refractivity (Wildman–Crippen MR) is 128 cm³/mol. The van der Waals surface area contributed by atoms with Crippen molar-refractivity contribution in [3.05, 3.63) is 53.6 Å². The quantitative estimate of drug-likeness (QED) is 0.485. The molecule has 0 radical (unpaired) electrons. The lowest BCUT2D eigenvalue weighted by molar-refractivity contribution is -0.118. The number of rotatable bonds is 9. The Bertz CT molecular complexity index is 1150. The minimum Gasteiger partial charge on any atom is -0.308 e. The lowest BCUT2D eigenvalue weighted by Gasteiger charge is -2.22. The van der Waals surface area contributed by atoms with E-state index in [1.54, 1.807) is 29.2 Å². The summed E-state index contributed by atoms with van der Waals surface area (Å²) in [5, 5.41) is 0.621. The SMILES string of the molecule is CCc1cccc2sc(N(CCN(C)C)C(=O)CCS(=O)(=O)c3ccc(C)cc3)nc12. The summed E-state index contributed by atoms with van der Waals surface area (Å²) in [4.78, 5) is 21.8. The fourth-order valence-corrected chi connectivity index (χ4v) is 5.53. The number of benzene rings is 2. The topological polar surface area (TPSA) is 70.6 Å². The van der Waals surface area contributed by atoms with Gasteiger partial charge in [0.05, 0.1) is 20.9 Å². The van der Waals surface area contributed by atoms with Gasteiger partial charge in [-0.3, -0.25) is 9.69 Å². The molecule has 0 saturated carbocycles. The first kappa shape index (κ1) is 23.4. The maximum Gasteiger partial charge on any atom is 0.229 e. The van der Waals surface area contributed by atoms with E-state index in [0.29, 0.717) is 18.2 Å². The van der Waals surface area contributed by atoms with Gasteiger partial charge in [0.1, 0.15) is 0 Å². The molecule has 166 valence electrons. The summed E-state index contributed by atoms with van der Waals surface area (Å²) in [6, 6.07) is 12.8. The molecule has 0 aliphatic rings. The van der Waals surface area contributed by atoms with Crippen molar-refractivity contribution < 1.29 is 13.2 Å². The van der Waals surface area contributed by atoms with Crippen LogP contribution in [0.5, 0.6) is 0 Å². The summed E-state index contributed by atoms with van der Waals surface area (Å²) >= 11 is 1.47. The van der Waals surface area contributed by atoms with Crippen LogP contribution in [0.25, 0.3) is 10.2 Å². The predicted octanol–water partition coefficient (Wildman–Crippen LogP) is 3.93. The number of carbonyl (C=O) groups is 1. The average molecular weight is 460 g/mol. The summed E-state index contributed by atoms with van der Waals surface area (Å²) < 4.78 is 26.4. The molecule has 0 atom stereocenters. The van der Waals surface area contributed by atoms with Gasteiger partial charge >= 0.3 is 0 Å². The zero-order chi connectivity index (χ0) is 22.6. The van der Waals surface area contributed by atoms with Gasteiger partial charge in [-0.15, -0.1) is 0 Å². The molecule has 0 aliphatic carbocycles. The summed E-state index contributed by atoms with van der Waals surface area (Å²) in [5.74, 6) is -0.451. The third kappa shape index (κ3) is 5.70. The number of thiazole rings is 1. The van der Waals surface area contributed by atoms with E-state index in [9.17, 15) is 13.2 Å². The summed E-state index contributed by atoms with van der Waals surface area (Å²) in [6.07, 6.45) is 0.779. The van der Waals surface area contributed by atoms with Crippen LogP contribution < -0.4 is 4.90 Å². The molecule has 0 unspecified atom stereocenters. The van der Waals surface area contributed by atoms with Crippen LogP contribution >= 0.6 is 11.3 Å². The van der Waals surface area contributed by atoms with Crippen molar-refractivity contribution >= 4 is 42.4 Å². The van der Waals surface area contributed by atoms with Gasteiger partial charge in [0, 0.05) is 19.5 Å². The lowest BCUT2D eigenvalue weighted by Crippen LogP contribution is -2.37. The Morgan fingerprint density at radius 1 is 1.06 bits per heavy atom. The molecule has 0 spiro atoms. The number of sulfone groups is 1. The van der Waals surface area contributed by atoms with Crippen LogP contribution in [-0.2, 0) is 21.1 Å². The monoisotopic (exact) mass is 459 g/mol. The molecule has 2 aromatic carbocycles. The first-order valence-electron chi connectivity index (χ1n) is 10.3. The minimum atomic E-state index is -3.53. The second-order valence-corrected chi connectivity index (χ2v) is 11.0. The first-order chi connectivity index (χ1) is 14.7. The van der Waals surface area contributed by atoms with Gasteiger partial charge < -0.3 is 4.90 Å². The van der Waals surface area contributed by atoms with E-state index >= 15 is 0 Å². The third-order valence-corrected chi connectivity index (χ3v) is 7.92. The third-order valence-electron chi connectivity index (χ3n) is 5.14. The van der Waals surface area contributed by atoms with Gasteiger partial charge in [0.25, 0.3) is 0 Å². The largest absolute Gasteiger partial charge is 0.308 e. The Morgan fingerprint density at radius 3 is 2.42 bits per heavy atom. The second kappa shape index (κ2) is 9.89. The van der Waals surface area contributed by atoms with Gasteiger partial charge in [-0.2, -0.15) is 0 Å². The maximum atomic E-state index is 13.1. The molecule has 1 amide bonds. The number of hydrogen-bond acceptors (Lipinski definition) is 6. The molecule has 3 aromatic rings. The second-order valence-electron chi connectivity index (χ2n) is 7.84. The number of fused-ring (bicyclic) bond motifs is 1. The van der Waals surface area contributed by atoms with Gasteiger partial charge in [0.2, 0.25) is 5.91 Å². The zero-order valence-corrected chi connectivity index (χ0v) is 20.1. The number of aromatic nitrogens is 1. The number of amides is 1. The lowest BCUT2D eigenvalue weighted by atomic mass is 10.1. The standard InChI is InChI=1S/C23H29N3O3S2/c1-5-18-7-6-8-20-22(18)24-23(30-20)26(15-14-25(3)4)21(27)13-16-31(28,29)19-11-9-17(2)10-12-19/h6-12H,5,13-16H2,1-4H3. The Labute approximate surface area is 188 Å². The number of anilines is 1. The van der Waals surface area contributed by atoms with Gasteiger partial charge in [-0.05, 0) is 51.2 Å². The van der Waals surface area contributed by atoms with E-state index < -0.39 is 9.84 Å². The van der Waals surface area contributed by atoms with Gasteiger partial charge in [0.15, 0.2) is 15.0 Å². The zero-order valence-electron chi connectivity index (χ0n) is 18.5. The van der Waals surface area contributed by atoms with E-state index in [0.717, 1.165) is 27.8 Å². The van der Waals surface area contributed by atoms with Crippen molar-refractivity contribution in [2.24, 2.45) is 0 Å². The molecule has 0 bridgehead atoms. The molecular formula is C23H29N3O3S2. The number of hydrogen-bond donors (Lipinski definition) is 0. The smallest absolute Gasteiger partial charge is 0.229 e. The van der Waals surface area contributed by atoms with E-state index in [-0.39, 0.29) is 23.0 Å². The Hall–Kier alpha value is -2.29. The van der Waals surface area contributed by atoms with Crippen LogP contribution in [0.15, 0.2) is 47.4 Å². The molecule has 8 heteroatoms. The number of likely N-dealkylation sites (N-methyl/N-ethyl adjacent to an activating group) is 1. The number of carbonyl (C=O) groups excluding carboxylic acids is 1. The Kier molecular flexibility index (Phi) is 7.46. The highest BCUT2D eigenvalue weighted by Crippen LogP contribution is 2.31.